The fourth-order valence-electron chi connectivity index (χ4n) is 3.78. The molecular weight excluding hydrogens is 352 g/mol. The maximum Gasteiger partial charge on any atom is 0.253 e. The molecule has 3 heterocycles. The third-order valence-corrected chi connectivity index (χ3v) is 5.02. The van der Waals surface area contributed by atoms with Crippen LogP contribution in [0.1, 0.15) is 62.2 Å². The zero-order chi connectivity index (χ0) is 20.1. The van der Waals surface area contributed by atoms with Crippen molar-refractivity contribution in [3.63, 3.8) is 0 Å². The summed E-state index contributed by atoms with van der Waals surface area (Å²) < 4.78 is 2.22. The third-order valence-electron chi connectivity index (χ3n) is 5.02. The van der Waals surface area contributed by atoms with Gasteiger partial charge < -0.3 is 14.8 Å². The summed E-state index contributed by atoms with van der Waals surface area (Å²) in [6, 6.07) is 3.40. The number of hydrogen-bond donors (Lipinski definition) is 1. The number of carbonyl (C=O) groups excluding carboxylic acids is 1. The molecule has 0 saturated carbocycles. The molecule has 1 atom stereocenters. The smallest absolute Gasteiger partial charge is 0.253 e. The summed E-state index contributed by atoms with van der Waals surface area (Å²) in [5, 5.41) is 12.1. The average Bonchev–Trinajstić information content (AvgIpc) is 2.96. The summed E-state index contributed by atoms with van der Waals surface area (Å²) in [6.45, 7) is 12.8. The molecule has 0 aromatic carbocycles. The van der Waals surface area contributed by atoms with Crippen molar-refractivity contribution in [2.45, 2.75) is 53.1 Å². The molecule has 2 aromatic heterocycles. The van der Waals surface area contributed by atoms with Crippen LogP contribution in [0, 0.1) is 11.8 Å². The van der Waals surface area contributed by atoms with Crippen molar-refractivity contribution in [1.82, 2.24) is 30.0 Å². The van der Waals surface area contributed by atoms with Crippen LogP contribution >= 0.6 is 0 Å². The van der Waals surface area contributed by atoms with Crippen molar-refractivity contribution in [2.24, 2.45) is 11.8 Å². The monoisotopic (exact) mass is 384 g/mol. The van der Waals surface area contributed by atoms with Crippen LogP contribution in [0.25, 0.3) is 0 Å². The molecule has 0 spiro atoms. The summed E-state index contributed by atoms with van der Waals surface area (Å²) in [5.41, 5.74) is 0.565. The summed E-state index contributed by atoms with van der Waals surface area (Å²) >= 11 is 0. The van der Waals surface area contributed by atoms with Gasteiger partial charge in [0.25, 0.3) is 5.91 Å². The third kappa shape index (κ3) is 5.16. The van der Waals surface area contributed by atoms with Gasteiger partial charge in [0.1, 0.15) is 5.82 Å². The second kappa shape index (κ2) is 9.28. The molecule has 7 nitrogen and oxygen atoms in total. The van der Waals surface area contributed by atoms with E-state index in [-0.39, 0.29) is 11.9 Å². The Morgan fingerprint density at radius 1 is 1.14 bits per heavy atom. The number of amides is 1. The maximum absolute atomic E-state index is 12.7. The van der Waals surface area contributed by atoms with E-state index in [1.54, 1.807) is 24.5 Å². The summed E-state index contributed by atoms with van der Waals surface area (Å²) in [4.78, 5) is 19.3. The number of fused-ring (bicyclic) bond motifs is 1. The first-order valence-electron chi connectivity index (χ1n) is 10.3. The molecule has 0 bridgehead atoms. The fourth-order valence-corrected chi connectivity index (χ4v) is 3.78. The summed E-state index contributed by atoms with van der Waals surface area (Å²) in [5.74, 6) is 2.84. The second-order valence-electron chi connectivity index (χ2n) is 8.47. The van der Waals surface area contributed by atoms with Gasteiger partial charge in [-0.3, -0.25) is 9.78 Å². The van der Waals surface area contributed by atoms with Crippen LogP contribution in [0.5, 0.6) is 0 Å². The average molecular weight is 385 g/mol. The minimum Gasteiger partial charge on any atom is -0.342 e. The highest BCUT2D eigenvalue weighted by Gasteiger charge is 2.26. The van der Waals surface area contributed by atoms with Crippen LogP contribution in [-0.4, -0.2) is 50.2 Å². The minimum atomic E-state index is -0.161. The molecule has 152 valence electrons. The number of nitrogens with one attached hydrogen (secondary N) is 1. The first-order valence-corrected chi connectivity index (χ1v) is 10.3. The van der Waals surface area contributed by atoms with Crippen LogP contribution in [0.4, 0.5) is 0 Å². The quantitative estimate of drug-likeness (QED) is 0.794. The topological polar surface area (TPSA) is 75.9 Å². The van der Waals surface area contributed by atoms with Crippen molar-refractivity contribution in [3.8, 4) is 0 Å². The zero-order valence-electron chi connectivity index (χ0n) is 17.4. The minimum absolute atomic E-state index is 0.119. The van der Waals surface area contributed by atoms with E-state index in [1.165, 1.54) is 0 Å². The van der Waals surface area contributed by atoms with Crippen LogP contribution in [0.2, 0.25) is 0 Å². The first kappa shape index (κ1) is 20.5. The Kier molecular flexibility index (Phi) is 6.78. The van der Waals surface area contributed by atoms with Crippen molar-refractivity contribution in [3.05, 3.63) is 41.7 Å². The standard InChI is InChI=1S/C21H32N6O/c1-15(2)12-18(23-21(28)17-6-5-8-22-13-17)20-25-24-19-7-9-26(14-16(3)4)10-11-27(19)20/h5-6,8,13,15-16,18H,7,9-12,14H2,1-4H3,(H,23,28). The lowest BCUT2D eigenvalue weighted by atomic mass is 10.0. The number of nitrogens with zero attached hydrogens (tertiary/aromatic N) is 5. The molecule has 7 heteroatoms. The van der Waals surface area contributed by atoms with Gasteiger partial charge in [-0.05, 0) is 30.4 Å². The van der Waals surface area contributed by atoms with Crippen LogP contribution < -0.4 is 5.32 Å². The van der Waals surface area contributed by atoms with E-state index in [9.17, 15) is 4.79 Å². The number of carbonyl (C=O) groups is 1. The Balaban J connectivity index is 1.79. The summed E-state index contributed by atoms with van der Waals surface area (Å²) in [7, 11) is 0. The number of rotatable bonds is 7. The molecule has 0 aliphatic carbocycles. The molecule has 2 aromatic rings. The highest BCUT2D eigenvalue weighted by molar-refractivity contribution is 5.94. The number of pyridine rings is 1. The molecule has 0 saturated heterocycles. The molecule has 28 heavy (non-hydrogen) atoms. The Hall–Kier alpha value is -2.28. The van der Waals surface area contributed by atoms with Gasteiger partial charge in [-0.15, -0.1) is 10.2 Å². The molecule has 1 unspecified atom stereocenters. The molecule has 0 radical (unpaired) electrons. The van der Waals surface area contributed by atoms with Crippen LogP contribution in [-0.2, 0) is 13.0 Å². The van der Waals surface area contributed by atoms with E-state index in [0.29, 0.717) is 17.4 Å². The van der Waals surface area contributed by atoms with Gasteiger partial charge in [0, 0.05) is 45.0 Å². The summed E-state index contributed by atoms with van der Waals surface area (Å²) in [6.07, 6.45) is 4.98. The first-order chi connectivity index (χ1) is 13.4. The van der Waals surface area contributed by atoms with Gasteiger partial charge in [0.05, 0.1) is 11.6 Å². The van der Waals surface area contributed by atoms with Gasteiger partial charge in [0.2, 0.25) is 0 Å². The second-order valence-corrected chi connectivity index (χ2v) is 8.47. The van der Waals surface area contributed by atoms with Crippen molar-refractivity contribution in [2.75, 3.05) is 19.6 Å². The highest BCUT2D eigenvalue weighted by Crippen LogP contribution is 2.23. The van der Waals surface area contributed by atoms with Crippen molar-refractivity contribution in [1.29, 1.82) is 0 Å². The Morgan fingerprint density at radius 2 is 1.96 bits per heavy atom. The highest BCUT2D eigenvalue weighted by atomic mass is 16.1. The van der Waals surface area contributed by atoms with Gasteiger partial charge in [-0.25, -0.2) is 0 Å². The fraction of sp³-hybridized carbons (Fsp3) is 0.619. The molecule has 3 rings (SSSR count). The predicted molar refractivity (Wildman–Crippen MR) is 109 cm³/mol. The SMILES string of the molecule is CC(C)CC(NC(=O)c1cccnc1)c1nnc2n1CCN(CC(C)C)CC2. The van der Waals surface area contributed by atoms with Crippen molar-refractivity contribution >= 4 is 5.91 Å². The van der Waals surface area contributed by atoms with Crippen LogP contribution in [0.15, 0.2) is 24.5 Å². The normalized spacial score (nSPS) is 16.1. The predicted octanol–water partition coefficient (Wildman–Crippen LogP) is 2.70. The van der Waals surface area contributed by atoms with E-state index in [0.717, 1.165) is 50.7 Å². The molecule has 1 amide bonds. The number of hydrogen-bond acceptors (Lipinski definition) is 5. The van der Waals surface area contributed by atoms with Gasteiger partial charge >= 0.3 is 0 Å². The molecule has 1 N–H and O–H groups in total. The molecule has 1 aliphatic heterocycles. The van der Waals surface area contributed by atoms with E-state index in [2.05, 4.69) is 57.7 Å². The Morgan fingerprint density at radius 3 is 2.64 bits per heavy atom. The lowest BCUT2D eigenvalue weighted by Crippen LogP contribution is -2.33. The largest absolute Gasteiger partial charge is 0.342 e. The lowest BCUT2D eigenvalue weighted by molar-refractivity contribution is 0.0928. The van der Waals surface area contributed by atoms with Gasteiger partial charge in [0.15, 0.2) is 5.82 Å². The maximum atomic E-state index is 12.7. The molecule has 1 aliphatic rings. The van der Waals surface area contributed by atoms with E-state index in [4.69, 9.17) is 0 Å². The van der Waals surface area contributed by atoms with Crippen LogP contribution in [0.3, 0.4) is 0 Å². The van der Waals surface area contributed by atoms with E-state index >= 15 is 0 Å². The van der Waals surface area contributed by atoms with E-state index in [1.807, 2.05) is 0 Å². The molecule has 0 fully saturated rings. The zero-order valence-corrected chi connectivity index (χ0v) is 17.4. The Labute approximate surface area is 167 Å². The lowest BCUT2D eigenvalue weighted by Gasteiger charge is -2.23. The van der Waals surface area contributed by atoms with Gasteiger partial charge in [-0.2, -0.15) is 0 Å². The van der Waals surface area contributed by atoms with Crippen molar-refractivity contribution < 1.29 is 4.79 Å². The van der Waals surface area contributed by atoms with Gasteiger partial charge in [-0.1, -0.05) is 27.7 Å². The van der Waals surface area contributed by atoms with E-state index < -0.39 is 0 Å². The molecular formula is C21H32N6O. The Bertz CT molecular complexity index is 770. The number of aromatic nitrogens is 4.